The van der Waals surface area contributed by atoms with Gasteiger partial charge in [0.25, 0.3) is 0 Å². The van der Waals surface area contributed by atoms with Crippen LogP contribution >= 0.6 is 0 Å². The second kappa shape index (κ2) is 6.32. The molecule has 0 aliphatic heterocycles. The fraction of sp³-hybridized carbons (Fsp3) is 0.0952. The number of benzene rings is 2. The Bertz CT molecular complexity index is 1040. The first-order valence-corrected chi connectivity index (χ1v) is 8.10. The van der Waals surface area contributed by atoms with Crippen molar-refractivity contribution >= 4 is 10.9 Å². The Morgan fingerprint density at radius 3 is 2.40 bits per heavy atom. The monoisotopic (exact) mass is 327 g/mol. The average Bonchev–Trinajstić information content (AvgIpc) is 2.68. The second-order valence-corrected chi connectivity index (χ2v) is 5.83. The van der Waals surface area contributed by atoms with Crippen molar-refractivity contribution in [3.05, 3.63) is 72.4 Å². The molecule has 4 aromatic rings. The van der Waals surface area contributed by atoms with Crippen LogP contribution in [0.3, 0.4) is 0 Å². The van der Waals surface area contributed by atoms with Gasteiger partial charge in [0, 0.05) is 22.7 Å². The van der Waals surface area contributed by atoms with Gasteiger partial charge in [-0.3, -0.25) is 4.98 Å². The Morgan fingerprint density at radius 2 is 1.60 bits per heavy atom. The molecule has 4 nitrogen and oxygen atoms in total. The van der Waals surface area contributed by atoms with E-state index in [-0.39, 0.29) is 0 Å². The van der Waals surface area contributed by atoms with Crippen molar-refractivity contribution in [2.75, 3.05) is 7.11 Å². The van der Waals surface area contributed by atoms with Crippen LogP contribution in [0.5, 0.6) is 5.75 Å². The van der Waals surface area contributed by atoms with Crippen molar-refractivity contribution < 1.29 is 4.74 Å². The number of aromatic nitrogens is 3. The quantitative estimate of drug-likeness (QED) is 0.548. The smallest absolute Gasteiger partial charge is 0.128 e. The van der Waals surface area contributed by atoms with Crippen LogP contribution in [-0.2, 0) is 0 Å². The van der Waals surface area contributed by atoms with Crippen LogP contribution in [0.15, 0.2) is 66.9 Å². The van der Waals surface area contributed by atoms with Crippen molar-refractivity contribution in [3.63, 3.8) is 0 Å². The van der Waals surface area contributed by atoms with Gasteiger partial charge < -0.3 is 4.74 Å². The van der Waals surface area contributed by atoms with Crippen LogP contribution < -0.4 is 4.74 Å². The van der Waals surface area contributed by atoms with Gasteiger partial charge in [0.1, 0.15) is 5.75 Å². The molecular formula is C21H17N3O. The van der Waals surface area contributed by atoms with Gasteiger partial charge in [-0.05, 0) is 48.9 Å². The van der Waals surface area contributed by atoms with Gasteiger partial charge in [-0.25, -0.2) is 0 Å². The number of aryl methyl sites for hydroxylation is 1. The summed E-state index contributed by atoms with van der Waals surface area (Å²) >= 11 is 0. The number of hydrogen-bond acceptors (Lipinski definition) is 4. The molecule has 0 aliphatic rings. The van der Waals surface area contributed by atoms with Crippen molar-refractivity contribution in [2.24, 2.45) is 0 Å². The summed E-state index contributed by atoms with van der Waals surface area (Å²) in [6, 6.07) is 19.9. The first-order valence-electron chi connectivity index (χ1n) is 8.10. The maximum atomic E-state index is 5.42. The molecule has 0 N–H and O–H groups in total. The minimum atomic E-state index is 0.787. The van der Waals surface area contributed by atoms with Gasteiger partial charge in [-0.1, -0.05) is 24.3 Å². The topological polar surface area (TPSA) is 47.9 Å². The molecule has 0 unspecified atom stereocenters. The zero-order valence-electron chi connectivity index (χ0n) is 14.1. The third kappa shape index (κ3) is 2.72. The highest BCUT2D eigenvalue weighted by Crippen LogP contribution is 2.32. The lowest BCUT2D eigenvalue weighted by atomic mass is 9.99. The van der Waals surface area contributed by atoms with E-state index in [0.717, 1.165) is 44.7 Å². The zero-order chi connectivity index (χ0) is 17.2. The highest BCUT2D eigenvalue weighted by molar-refractivity contribution is 5.95. The Morgan fingerprint density at radius 1 is 0.800 bits per heavy atom. The minimum Gasteiger partial charge on any atom is -0.496 e. The molecule has 2 heterocycles. The first kappa shape index (κ1) is 15.3. The third-order valence-corrected chi connectivity index (χ3v) is 4.30. The molecule has 25 heavy (non-hydrogen) atoms. The molecule has 0 atom stereocenters. The zero-order valence-corrected chi connectivity index (χ0v) is 14.1. The van der Waals surface area contributed by atoms with Crippen molar-refractivity contribution in [1.29, 1.82) is 0 Å². The molecule has 0 radical (unpaired) electrons. The number of para-hydroxylation sites is 1. The molecule has 4 heteroatoms. The summed E-state index contributed by atoms with van der Waals surface area (Å²) in [6.45, 7) is 2.08. The standard InChI is InChI=1S/C21H17N3O/c1-14-9-10-17-16(7-5-13-22-17)21(14)19-12-11-18(23-24-19)15-6-3-4-8-20(15)25-2/h3-13H,1-2H3. The summed E-state index contributed by atoms with van der Waals surface area (Å²) < 4.78 is 5.42. The Hall–Kier alpha value is -3.27. The molecule has 122 valence electrons. The van der Waals surface area contributed by atoms with Gasteiger partial charge in [-0.15, -0.1) is 10.2 Å². The van der Waals surface area contributed by atoms with E-state index in [1.165, 1.54) is 0 Å². The van der Waals surface area contributed by atoms with Gasteiger partial charge in [0.05, 0.1) is 24.0 Å². The summed E-state index contributed by atoms with van der Waals surface area (Å²) in [5, 5.41) is 9.99. The van der Waals surface area contributed by atoms with E-state index in [1.54, 1.807) is 13.3 Å². The van der Waals surface area contributed by atoms with Crippen LogP contribution in [0.2, 0.25) is 0 Å². The fourth-order valence-electron chi connectivity index (χ4n) is 3.07. The van der Waals surface area contributed by atoms with Crippen LogP contribution in [0.25, 0.3) is 33.4 Å². The molecule has 0 fully saturated rings. The number of methoxy groups -OCH3 is 1. The third-order valence-electron chi connectivity index (χ3n) is 4.30. The normalized spacial score (nSPS) is 10.8. The van der Waals surface area contributed by atoms with Crippen LogP contribution in [0.4, 0.5) is 0 Å². The number of nitrogens with zero attached hydrogens (tertiary/aromatic N) is 3. The predicted molar refractivity (Wildman–Crippen MR) is 99.5 cm³/mol. The van der Waals surface area contributed by atoms with Gasteiger partial charge in [0.2, 0.25) is 0 Å². The van der Waals surface area contributed by atoms with E-state index in [1.807, 2.05) is 48.5 Å². The fourth-order valence-corrected chi connectivity index (χ4v) is 3.07. The molecule has 0 saturated carbocycles. The molecule has 0 amide bonds. The lowest BCUT2D eigenvalue weighted by Crippen LogP contribution is -1.95. The van der Waals surface area contributed by atoms with Gasteiger partial charge >= 0.3 is 0 Å². The van der Waals surface area contributed by atoms with Gasteiger partial charge in [-0.2, -0.15) is 0 Å². The lowest BCUT2D eigenvalue weighted by molar-refractivity contribution is 0.416. The summed E-state index contributed by atoms with van der Waals surface area (Å²) in [5.74, 6) is 0.787. The summed E-state index contributed by atoms with van der Waals surface area (Å²) in [6.07, 6.45) is 1.80. The number of pyridine rings is 1. The number of fused-ring (bicyclic) bond motifs is 1. The SMILES string of the molecule is COc1ccccc1-c1ccc(-c2c(C)ccc3ncccc23)nn1. The summed E-state index contributed by atoms with van der Waals surface area (Å²) in [5.41, 5.74) is 5.75. The van der Waals surface area contributed by atoms with E-state index in [9.17, 15) is 0 Å². The minimum absolute atomic E-state index is 0.787. The van der Waals surface area contributed by atoms with Crippen molar-refractivity contribution in [2.45, 2.75) is 6.92 Å². The van der Waals surface area contributed by atoms with Crippen LogP contribution in [-0.4, -0.2) is 22.3 Å². The molecular weight excluding hydrogens is 310 g/mol. The van der Waals surface area contributed by atoms with Crippen molar-refractivity contribution in [3.8, 4) is 28.3 Å². The van der Waals surface area contributed by atoms with E-state index in [4.69, 9.17) is 4.74 Å². The maximum Gasteiger partial charge on any atom is 0.128 e. The molecule has 0 aliphatic carbocycles. The lowest BCUT2D eigenvalue weighted by Gasteiger charge is -2.10. The second-order valence-electron chi connectivity index (χ2n) is 5.83. The predicted octanol–water partition coefficient (Wildman–Crippen LogP) is 4.68. The van der Waals surface area contributed by atoms with E-state index in [0.29, 0.717) is 0 Å². The Labute approximate surface area is 146 Å². The van der Waals surface area contributed by atoms with Crippen LogP contribution in [0.1, 0.15) is 5.56 Å². The molecule has 0 bridgehead atoms. The summed E-state index contributed by atoms with van der Waals surface area (Å²) in [7, 11) is 1.66. The first-order chi connectivity index (χ1) is 12.3. The molecule has 0 spiro atoms. The Balaban J connectivity index is 1.83. The molecule has 2 aromatic heterocycles. The number of ether oxygens (including phenoxy) is 1. The molecule has 0 saturated heterocycles. The highest BCUT2D eigenvalue weighted by Gasteiger charge is 2.12. The Kier molecular flexibility index (Phi) is 3.86. The highest BCUT2D eigenvalue weighted by atomic mass is 16.5. The largest absolute Gasteiger partial charge is 0.496 e. The number of rotatable bonds is 3. The van der Waals surface area contributed by atoms with E-state index < -0.39 is 0 Å². The molecule has 2 aromatic carbocycles. The number of hydrogen-bond donors (Lipinski definition) is 0. The summed E-state index contributed by atoms with van der Waals surface area (Å²) in [4.78, 5) is 4.43. The van der Waals surface area contributed by atoms with Gasteiger partial charge in [0.15, 0.2) is 0 Å². The van der Waals surface area contributed by atoms with E-state index >= 15 is 0 Å². The van der Waals surface area contributed by atoms with Crippen LogP contribution in [0, 0.1) is 6.92 Å². The van der Waals surface area contributed by atoms with E-state index in [2.05, 4.69) is 34.2 Å². The molecule has 4 rings (SSSR count). The van der Waals surface area contributed by atoms with Crippen molar-refractivity contribution in [1.82, 2.24) is 15.2 Å². The average molecular weight is 327 g/mol. The maximum absolute atomic E-state index is 5.42.